The largest absolute Gasteiger partial charge is 0.334 e. The van der Waals surface area contributed by atoms with Crippen LogP contribution in [0, 0.1) is 5.82 Å². The summed E-state index contributed by atoms with van der Waals surface area (Å²) in [6.07, 6.45) is 2.64. The molecule has 0 spiro atoms. The zero-order chi connectivity index (χ0) is 22.4. The number of carbonyl (C=O) groups is 1. The van der Waals surface area contributed by atoms with E-state index >= 15 is 0 Å². The van der Waals surface area contributed by atoms with E-state index in [2.05, 4.69) is 10.4 Å². The lowest BCUT2D eigenvalue weighted by molar-refractivity contribution is -0.116. The maximum absolute atomic E-state index is 13.2. The van der Waals surface area contributed by atoms with Crippen LogP contribution < -0.4 is 5.32 Å². The van der Waals surface area contributed by atoms with E-state index < -0.39 is 7.60 Å². The lowest BCUT2D eigenvalue weighted by atomic mass is 10.0. The summed E-state index contributed by atoms with van der Waals surface area (Å²) in [5.41, 5.74) is 4.04. The molecular weight excluding hydrogens is 420 g/mol. The molecule has 31 heavy (non-hydrogen) atoms. The number of nitrogens with one attached hydrogen (secondary N) is 1. The van der Waals surface area contributed by atoms with Crippen LogP contribution in [0.25, 0.3) is 11.3 Å². The Morgan fingerprint density at radius 1 is 1.10 bits per heavy atom. The Morgan fingerprint density at radius 2 is 1.74 bits per heavy atom. The Kier molecular flexibility index (Phi) is 7.38. The fourth-order valence-electron chi connectivity index (χ4n) is 3.24. The number of benzene rings is 2. The fourth-order valence-corrected chi connectivity index (χ4v) is 4.30. The van der Waals surface area contributed by atoms with Gasteiger partial charge in [-0.1, -0.05) is 12.1 Å². The van der Waals surface area contributed by atoms with E-state index in [1.54, 1.807) is 47.3 Å². The second kappa shape index (κ2) is 10.0. The van der Waals surface area contributed by atoms with Gasteiger partial charge in [-0.15, -0.1) is 0 Å². The highest BCUT2D eigenvalue weighted by atomic mass is 31.2. The van der Waals surface area contributed by atoms with Gasteiger partial charge in [-0.3, -0.25) is 14.0 Å². The van der Waals surface area contributed by atoms with E-state index in [-0.39, 0.29) is 24.3 Å². The molecule has 7 nitrogen and oxygen atoms in total. The third-order valence-electron chi connectivity index (χ3n) is 4.92. The summed E-state index contributed by atoms with van der Waals surface area (Å²) in [4.78, 5) is 12.4. The van der Waals surface area contributed by atoms with Crippen molar-refractivity contribution in [3.63, 3.8) is 0 Å². The van der Waals surface area contributed by atoms with Crippen LogP contribution in [0.4, 0.5) is 10.1 Å². The van der Waals surface area contributed by atoms with Crippen LogP contribution in [0.15, 0.2) is 54.7 Å². The van der Waals surface area contributed by atoms with E-state index in [1.807, 2.05) is 7.05 Å². The minimum Gasteiger partial charge on any atom is -0.326 e. The Bertz CT molecular complexity index is 1070. The van der Waals surface area contributed by atoms with Crippen molar-refractivity contribution in [1.29, 1.82) is 0 Å². The van der Waals surface area contributed by atoms with Crippen molar-refractivity contribution in [2.75, 3.05) is 19.5 Å². The number of aromatic nitrogens is 2. The molecule has 0 aliphatic carbocycles. The highest BCUT2D eigenvalue weighted by Crippen LogP contribution is 2.49. The summed E-state index contributed by atoms with van der Waals surface area (Å²) in [5.74, 6) is -0.439. The Labute approximate surface area is 180 Å². The SMILES string of the molecule is COP(=O)(Cc1ccc(NC(=O)CCc2cnn(C)c2-c2ccc(F)cc2)cc1)OC. The Hall–Kier alpha value is -2.80. The molecule has 0 aliphatic rings. The van der Waals surface area contributed by atoms with Gasteiger partial charge in [-0.05, 0) is 53.9 Å². The normalized spacial score (nSPS) is 11.5. The zero-order valence-electron chi connectivity index (χ0n) is 17.7. The minimum absolute atomic E-state index is 0.138. The summed E-state index contributed by atoms with van der Waals surface area (Å²) in [5, 5.41) is 7.13. The van der Waals surface area contributed by atoms with Crippen LogP contribution in [0.1, 0.15) is 17.5 Å². The first-order valence-electron chi connectivity index (χ1n) is 9.69. The maximum atomic E-state index is 13.2. The second-order valence-corrected chi connectivity index (χ2v) is 9.30. The van der Waals surface area contributed by atoms with Gasteiger partial charge in [0.2, 0.25) is 5.91 Å². The highest BCUT2D eigenvalue weighted by Gasteiger charge is 2.21. The van der Waals surface area contributed by atoms with Gasteiger partial charge < -0.3 is 14.4 Å². The summed E-state index contributed by atoms with van der Waals surface area (Å²) in [6, 6.07) is 13.2. The van der Waals surface area contributed by atoms with Crippen LogP contribution in [-0.4, -0.2) is 29.9 Å². The van der Waals surface area contributed by atoms with Gasteiger partial charge in [-0.25, -0.2) is 4.39 Å². The van der Waals surface area contributed by atoms with E-state index in [1.165, 1.54) is 26.4 Å². The molecule has 3 rings (SSSR count). The predicted molar refractivity (Wildman–Crippen MR) is 117 cm³/mol. The lowest BCUT2D eigenvalue weighted by Gasteiger charge is -2.13. The molecule has 2 aromatic carbocycles. The number of hydrogen-bond acceptors (Lipinski definition) is 5. The quantitative estimate of drug-likeness (QED) is 0.479. The number of halogens is 1. The number of anilines is 1. The molecular formula is C22H25FN3O4P. The third kappa shape index (κ3) is 5.88. The molecule has 0 unspecified atom stereocenters. The van der Waals surface area contributed by atoms with Gasteiger partial charge in [0.1, 0.15) is 5.82 Å². The van der Waals surface area contributed by atoms with E-state index in [0.29, 0.717) is 12.1 Å². The van der Waals surface area contributed by atoms with Crippen LogP contribution >= 0.6 is 7.60 Å². The van der Waals surface area contributed by atoms with E-state index in [0.717, 1.165) is 22.4 Å². The van der Waals surface area contributed by atoms with Crippen LogP contribution in [0.3, 0.4) is 0 Å². The molecule has 164 valence electrons. The van der Waals surface area contributed by atoms with E-state index in [9.17, 15) is 13.8 Å². The summed E-state index contributed by atoms with van der Waals surface area (Å²) >= 11 is 0. The number of amides is 1. The van der Waals surface area contributed by atoms with Crippen LogP contribution in [0.5, 0.6) is 0 Å². The highest BCUT2D eigenvalue weighted by molar-refractivity contribution is 7.52. The first-order valence-corrected chi connectivity index (χ1v) is 11.4. The molecule has 1 N–H and O–H groups in total. The van der Waals surface area contributed by atoms with E-state index in [4.69, 9.17) is 9.05 Å². The number of rotatable bonds is 9. The van der Waals surface area contributed by atoms with Gasteiger partial charge in [-0.2, -0.15) is 5.10 Å². The molecule has 0 aliphatic heterocycles. The van der Waals surface area contributed by atoms with Crippen molar-refractivity contribution >= 4 is 19.2 Å². The molecule has 1 aromatic heterocycles. The van der Waals surface area contributed by atoms with Gasteiger partial charge in [0.15, 0.2) is 0 Å². The number of carbonyl (C=O) groups excluding carboxylic acids is 1. The first kappa shape index (κ1) is 22.9. The van der Waals surface area contributed by atoms with Crippen molar-refractivity contribution in [3.8, 4) is 11.3 Å². The average molecular weight is 445 g/mol. The monoisotopic (exact) mass is 445 g/mol. The Morgan fingerprint density at radius 3 is 2.35 bits per heavy atom. The summed E-state index contributed by atoms with van der Waals surface area (Å²) < 4.78 is 37.1. The second-order valence-electron chi connectivity index (χ2n) is 7.03. The Balaban J connectivity index is 1.60. The van der Waals surface area contributed by atoms with Gasteiger partial charge in [0.25, 0.3) is 0 Å². The third-order valence-corrected chi connectivity index (χ3v) is 6.79. The van der Waals surface area contributed by atoms with Gasteiger partial charge >= 0.3 is 7.60 Å². The molecule has 1 heterocycles. The molecule has 3 aromatic rings. The number of hydrogen-bond donors (Lipinski definition) is 1. The molecule has 0 saturated carbocycles. The van der Waals surface area contributed by atoms with Gasteiger partial charge in [0.05, 0.1) is 18.1 Å². The molecule has 0 fully saturated rings. The smallest absolute Gasteiger partial charge is 0.326 e. The maximum Gasteiger partial charge on any atom is 0.334 e. The van der Waals surface area contributed by atoms with Crippen molar-refractivity contribution < 1.29 is 22.8 Å². The van der Waals surface area contributed by atoms with Crippen molar-refractivity contribution in [2.24, 2.45) is 7.05 Å². The zero-order valence-corrected chi connectivity index (χ0v) is 18.6. The molecule has 0 bridgehead atoms. The standard InChI is InChI=1S/C22H25FN3O4P/c1-26-22(17-6-9-19(23)10-7-17)18(14-24-26)8-13-21(27)25-20-11-4-16(5-12-20)15-31(28,29-2)30-3/h4-7,9-12,14H,8,13,15H2,1-3H3,(H,25,27). The van der Waals surface area contributed by atoms with Crippen LogP contribution in [0.2, 0.25) is 0 Å². The van der Waals surface area contributed by atoms with Crippen LogP contribution in [-0.2, 0) is 38.0 Å². The fraction of sp³-hybridized carbons (Fsp3) is 0.273. The summed E-state index contributed by atoms with van der Waals surface area (Å²) in [7, 11) is 1.38. The lowest BCUT2D eigenvalue weighted by Crippen LogP contribution is -2.12. The molecule has 0 atom stereocenters. The van der Waals surface area contributed by atoms with Gasteiger partial charge in [0, 0.05) is 38.9 Å². The predicted octanol–water partition coefficient (Wildman–Crippen LogP) is 4.78. The molecule has 1 amide bonds. The number of nitrogens with zero attached hydrogens (tertiary/aromatic N) is 2. The molecule has 0 saturated heterocycles. The molecule has 9 heteroatoms. The number of aryl methyl sites for hydroxylation is 2. The average Bonchev–Trinajstić information content (AvgIpc) is 3.14. The first-order chi connectivity index (χ1) is 14.8. The van der Waals surface area contributed by atoms with Crippen molar-refractivity contribution in [1.82, 2.24) is 9.78 Å². The minimum atomic E-state index is -3.14. The van der Waals surface area contributed by atoms with Crippen molar-refractivity contribution in [2.45, 2.75) is 19.0 Å². The van der Waals surface area contributed by atoms with Crippen molar-refractivity contribution in [3.05, 3.63) is 71.7 Å². The summed E-state index contributed by atoms with van der Waals surface area (Å²) in [6.45, 7) is 0. The topological polar surface area (TPSA) is 82.5 Å². The molecule has 0 radical (unpaired) electrons.